The average molecular weight is 396 g/mol. The van der Waals surface area contributed by atoms with E-state index in [4.69, 9.17) is 10.5 Å². The Hall–Kier alpha value is -0.0800. The second-order valence-corrected chi connectivity index (χ2v) is 6.28. The second kappa shape index (κ2) is 8.38. The van der Waals surface area contributed by atoms with Gasteiger partial charge in [0.2, 0.25) is 0 Å². The molecule has 0 radical (unpaired) electrons. The topological polar surface area (TPSA) is 62.9 Å². The molecule has 1 aliphatic carbocycles. The van der Waals surface area contributed by atoms with Gasteiger partial charge in [-0.15, -0.1) is 24.0 Å². The van der Waals surface area contributed by atoms with Crippen molar-refractivity contribution in [3.63, 3.8) is 0 Å². The molecule has 0 spiro atoms. The number of ether oxygens (including phenoxy) is 1. The normalized spacial score (nSPS) is 24.4. The maximum Gasteiger partial charge on any atom is 0.188 e. The van der Waals surface area contributed by atoms with E-state index in [0.717, 1.165) is 32.8 Å². The summed E-state index contributed by atoms with van der Waals surface area (Å²) in [5.41, 5.74) is 5.89. The first-order valence-electron chi connectivity index (χ1n) is 7.48. The van der Waals surface area contributed by atoms with E-state index in [1.54, 1.807) is 0 Å². The van der Waals surface area contributed by atoms with Crippen LogP contribution in [0.4, 0.5) is 0 Å². The molecule has 2 rings (SSSR count). The number of hydrogen-bond acceptors (Lipinski definition) is 3. The number of guanidine groups is 1. The summed E-state index contributed by atoms with van der Waals surface area (Å²) in [6, 6.07) is 0.547. The molecular weight excluding hydrogens is 367 g/mol. The lowest BCUT2D eigenvalue weighted by atomic mass is 10.1. The summed E-state index contributed by atoms with van der Waals surface area (Å²) in [4.78, 5) is 6.83. The van der Waals surface area contributed by atoms with Gasteiger partial charge in [0.15, 0.2) is 5.96 Å². The highest BCUT2D eigenvalue weighted by Crippen LogP contribution is 2.17. The fourth-order valence-electron chi connectivity index (χ4n) is 2.94. The maximum atomic E-state index is 5.92. The Kier molecular flexibility index (Phi) is 7.53. The maximum absolute atomic E-state index is 5.92. The highest BCUT2D eigenvalue weighted by atomic mass is 127. The molecular formula is C14H29IN4O. The Morgan fingerprint density at radius 3 is 2.75 bits per heavy atom. The molecule has 2 aliphatic rings. The first-order chi connectivity index (χ1) is 9.05. The predicted molar refractivity (Wildman–Crippen MR) is 93.8 cm³/mol. The van der Waals surface area contributed by atoms with Crippen molar-refractivity contribution < 1.29 is 4.74 Å². The summed E-state index contributed by atoms with van der Waals surface area (Å²) in [6.45, 7) is 8.78. The van der Waals surface area contributed by atoms with Crippen LogP contribution in [-0.4, -0.2) is 55.3 Å². The summed E-state index contributed by atoms with van der Waals surface area (Å²) >= 11 is 0. The van der Waals surface area contributed by atoms with Crippen LogP contribution in [0.3, 0.4) is 0 Å². The lowest BCUT2D eigenvalue weighted by Gasteiger charge is -2.37. The van der Waals surface area contributed by atoms with Gasteiger partial charge >= 0.3 is 0 Å². The number of hydrogen-bond donors (Lipinski definition) is 2. The number of nitrogens with one attached hydrogen (secondary N) is 1. The van der Waals surface area contributed by atoms with Crippen LogP contribution in [0.5, 0.6) is 0 Å². The Labute approximate surface area is 139 Å². The van der Waals surface area contributed by atoms with Crippen molar-refractivity contribution in [2.24, 2.45) is 10.7 Å². The minimum atomic E-state index is -0.0321. The van der Waals surface area contributed by atoms with E-state index < -0.39 is 0 Å². The molecule has 0 aromatic rings. The average Bonchev–Trinajstić information content (AvgIpc) is 2.80. The molecule has 1 saturated carbocycles. The molecule has 20 heavy (non-hydrogen) atoms. The minimum absolute atomic E-state index is 0. The Bertz CT molecular complexity index is 316. The Morgan fingerprint density at radius 2 is 2.10 bits per heavy atom. The first kappa shape index (κ1) is 18.0. The summed E-state index contributed by atoms with van der Waals surface area (Å²) in [5.74, 6) is 0.611. The molecule has 0 bridgehead atoms. The molecule has 2 fully saturated rings. The van der Waals surface area contributed by atoms with Crippen molar-refractivity contribution in [3.05, 3.63) is 0 Å². The highest BCUT2D eigenvalue weighted by Gasteiger charge is 2.26. The van der Waals surface area contributed by atoms with Crippen LogP contribution in [-0.2, 0) is 4.74 Å². The fraction of sp³-hybridized carbons (Fsp3) is 0.929. The van der Waals surface area contributed by atoms with Crippen molar-refractivity contribution in [2.75, 3.05) is 32.8 Å². The summed E-state index contributed by atoms with van der Waals surface area (Å²) in [5, 5.41) is 3.32. The number of morpholine rings is 1. The summed E-state index contributed by atoms with van der Waals surface area (Å²) in [6.07, 6.45) is 5.09. The van der Waals surface area contributed by atoms with E-state index in [1.807, 2.05) is 0 Å². The van der Waals surface area contributed by atoms with E-state index in [1.165, 1.54) is 25.7 Å². The highest BCUT2D eigenvalue weighted by molar-refractivity contribution is 14.0. The van der Waals surface area contributed by atoms with Crippen LogP contribution in [0.25, 0.3) is 0 Å². The van der Waals surface area contributed by atoms with E-state index in [9.17, 15) is 0 Å². The van der Waals surface area contributed by atoms with Gasteiger partial charge in [-0.2, -0.15) is 0 Å². The van der Waals surface area contributed by atoms with Gasteiger partial charge in [0.05, 0.1) is 18.8 Å². The largest absolute Gasteiger partial charge is 0.373 e. The van der Waals surface area contributed by atoms with Gasteiger partial charge in [0, 0.05) is 25.7 Å². The molecule has 5 nitrogen and oxygen atoms in total. The third-order valence-corrected chi connectivity index (χ3v) is 3.91. The molecule has 1 aliphatic heterocycles. The number of nitrogens with zero attached hydrogens (tertiary/aromatic N) is 2. The standard InChI is InChI=1S/C14H28N4O.HI/c1-14(2)11-18(9-10-19-14)8-7-16-13(15)17-12-5-3-4-6-12;/h12H,3-11H2,1-2H3,(H3,15,16,17);1H. The SMILES string of the molecule is CC1(C)CN(CCN=C(N)NC2CCCC2)CCO1.I. The van der Waals surface area contributed by atoms with Crippen molar-refractivity contribution in [1.82, 2.24) is 10.2 Å². The number of aliphatic imine (C=N–C) groups is 1. The molecule has 0 aromatic carbocycles. The molecule has 118 valence electrons. The van der Waals surface area contributed by atoms with Gasteiger partial charge in [-0.1, -0.05) is 12.8 Å². The quantitative estimate of drug-likeness (QED) is 0.430. The van der Waals surface area contributed by atoms with Gasteiger partial charge < -0.3 is 15.8 Å². The van der Waals surface area contributed by atoms with Crippen LogP contribution < -0.4 is 11.1 Å². The summed E-state index contributed by atoms with van der Waals surface area (Å²) < 4.78 is 5.70. The molecule has 0 unspecified atom stereocenters. The second-order valence-electron chi connectivity index (χ2n) is 6.28. The molecule has 0 atom stereocenters. The molecule has 1 saturated heterocycles. The predicted octanol–water partition coefficient (Wildman–Crippen LogP) is 1.56. The number of rotatable bonds is 4. The zero-order valence-electron chi connectivity index (χ0n) is 12.7. The van der Waals surface area contributed by atoms with Crippen LogP contribution >= 0.6 is 24.0 Å². The number of nitrogens with two attached hydrogens (primary N) is 1. The zero-order chi connectivity index (χ0) is 13.7. The van der Waals surface area contributed by atoms with Crippen LogP contribution in [0.2, 0.25) is 0 Å². The van der Waals surface area contributed by atoms with Crippen molar-refractivity contribution in [3.8, 4) is 0 Å². The van der Waals surface area contributed by atoms with E-state index in [0.29, 0.717) is 12.0 Å². The van der Waals surface area contributed by atoms with E-state index in [2.05, 4.69) is 29.1 Å². The Morgan fingerprint density at radius 1 is 1.40 bits per heavy atom. The van der Waals surface area contributed by atoms with Crippen LogP contribution in [0.1, 0.15) is 39.5 Å². The van der Waals surface area contributed by atoms with Crippen molar-refractivity contribution >= 4 is 29.9 Å². The minimum Gasteiger partial charge on any atom is -0.373 e. The van der Waals surface area contributed by atoms with Crippen molar-refractivity contribution in [1.29, 1.82) is 0 Å². The molecule has 0 aromatic heterocycles. The van der Waals surface area contributed by atoms with E-state index >= 15 is 0 Å². The third kappa shape index (κ3) is 6.13. The van der Waals surface area contributed by atoms with Gasteiger partial charge in [-0.25, -0.2) is 0 Å². The van der Waals surface area contributed by atoms with Gasteiger partial charge in [0.1, 0.15) is 0 Å². The lowest BCUT2D eigenvalue weighted by Crippen LogP contribution is -2.49. The first-order valence-corrected chi connectivity index (χ1v) is 7.48. The van der Waals surface area contributed by atoms with Crippen LogP contribution in [0.15, 0.2) is 4.99 Å². The Balaban J connectivity index is 0.00000200. The summed E-state index contributed by atoms with van der Waals surface area (Å²) in [7, 11) is 0. The van der Waals surface area contributed by atoms with E-state index in [-0.39, 0.29) is 29.6 Å². The van der Waals surface area contributed by atoms with Gasteiger partial charge in [-0.05, 0) is 26.7 Å². The van der Waals surface area contributed by atoms with Gasteiger partial charge in [0.25, 0.3) is 0 Å². The van der Waals surface area contributed by atoms with Gasteiger partial charge in [-0.3, -0.25) is 9.89 Å². The monoisotopic (exact) mass is 396 g/mol. The zero-order valence-corrected chi connectivity index (χ0v) is 15.1. The smallest absolute Gasteiger partial charge is 0.188 e. The number of halogens is 1. The van der Waals surface area contributed by atoms with Crippen LogP contribution in [0, 0.1) is 0 Å². The molecule has 0 amide bonds. The molecule has 6 heteroatoms. The molecule has 1 heterocycles. The molecule has 3 N–H and O–H groups in total. The lowest BCUT2D eigenvalue weighted by molar-refractivity contribution is -0.0850. The van der Waals surface area contributed by atoms with Crippen molar-refractivity contribution in [2.45, 2.75) is 51.2 Å². The third-order valence-electron chi connectivity index (χ3n) is 3.91. The fourth-order valence-corrected chi connectivity index (χ4v) is 2.94.